The molecule has 2 N–H and O–H groups in total. The van der Waals surface area contributed by atoms with Gasteiger partial charge >= 0.3 is 0 Å². The molecule has 7 nitrogen and oxygen atoms in total. The summed E-state index contributed by atoms with van der Waals surface area (Å²) in [4.78, 5) is 16.9. The van der Waals surface area contributed by atoms with Gasteiger partial charge in [0.1, 0.15) is 11.6 Å². The molecule has 4 rings (SSSR count). The van der Waals surface area contributed by atoms with Gasteiger partial charge in [-0.05, 0) is 42.7 Å². The first-order valence-electron chi connectivity index (χ1n) is 11.2. The van der Waals surface area contributed by atoms with Crippen molar-refractivity contribution in [1.82, 2.24) is 4.72 Å². The van der Waals surface area contributed by atoms with Crippen molar-refractivity contribution in [2.45, 2.75) is 30.6 Å². The SMILES string of the molecule is O=C(COc1ccccc1-c1ccccc1)Nc1cccc(S(=O)(=O)NC2=NCCCCC2)c1. The quantitative estimate of drug-likeness (QED) is 0.519. The van der Waals surface area contributed by atoms with Crippen molar-refractivity contribution in [3.63, 3.8) is 0 Å². The number of benzene rings is 3. The Bertz CT molecular complexity index is 1270. The van der Waals surface area contributed by atoms with Crippen LogP contribution in [-0.4, -0.2) is 33.3 Å². The Morgan fingerprint density at radius 1 is 0.912 bits per heavy atom. The Labute approximate surface area is 199 Å². The number of hydrogen-bond donors (Lipinski definition) is 2. The summed E-state index contributed by atoms with van der Waals surface area (Å²) in [5, 5.41) is 2.71. The molecule has 1 heterocycles. The summed E-state index contributed by atoms with van der Waals surface area (Å²) in [6.07, 6.45) is 3.51. The smallest absolute Gasteiger partial charge is 0.262 e. The fourth-order valence-corrected chi connectivity index (χ4v) is 4.84. The number of sulfonamides is 1. The lowest BCUT2D eigenvalue weighted by molar-refractivity contribution is -0.118. The van der Waals surface area contributed by atoms with Crippen molar-refractivity contribution in [2.75, 3.05) is 18.5 Å². The molecule has 0 radical (unpaired) electrons. The summed E-state index contributed by atoms with van der Waals surface area (Å²) in [5.41, 5.74) is 2.24. The van der Waals surface area contributed by atoms with Crippen LogP contribution in [-0.2, 0) is 14.8 Å². The molecular weight excluding hydrogens is 450 g/mol. The average Bonchev–Trinajstić information content (AvgIpc) is 3.12. The highest BCUT2D eigenvalue weighted by molar-refractivity contribution is 7.90. The Hall–Kier alpha value is -3.65. The fraction of sp³-hybridized carbons (Fsp3) is 0.231. The van der Waals surface area contributed by atoms with E-state index in [1.54, 1.807) is 12.1 Å². The number of nitrogens with one attached hydrogen (secondary N) is 2. The maximum absolute atomic E-state index is 12.8. The average molecular weight is 478 g/mol. The summed E-state index contributed by atoms with van der Waals surface area (Å²) in [7, 11) is -3.79. The van der Waals surface area contributed by atoms with Gasteiger partial charge in [0.15, 0.2) is 6.61 Å². The highest BCUT2D eigenvalue weighted by Gasteiger charge is 2.18. The standard InChI is InChI=1S/C26H27N3O4S/c30-26(19-33-24-15-7-6-14-23(24)20-10-3-1-4-11-20)28-21-12-9-13-22(18-21)34(31,32)29-25-16-5-2-8-17-27-25/h1,3-4,6-7,9-15,18H,2,5,8,16-17,19H2,(H,27,29)(H,28,30). The first-order chi connectivity index (χ1) is 16.5. The zero-order chi connectivity index (χ0) is 23.8. The van der Waals surface area contributed by atoms with E-state index in [4.69, 9.17) is 4.74 Å². The van der Waals surface area contributed by atoms with Crippen LogP contribution in [0.15, 0.2) is 88.8 Å². The first kappa shape index (κ1) is 23.5. The molecule has 0 aromatic heterocycles. The van der Waals surface area contributed by atoms with E-state index < -0.39 is 15.9 Å². The lowest BCUT2D eigenvalue weighted by atomic mass is 10.1. The van der Waals surface area contributed by atoms with E-state index in [2.05, 4.69) is 15.0 Å². The van der Waals surface area contributed by atoms with Gasteiger partial charge < -0.3 is 10.1 Å². The monoisotopic (exact) mass is 477 g/mol. The molecular formula is C26H27N3O4S. The second kappa shape index (κ2) is 11.0. The molecule has 0 aliphatic carbocycles. The molecule has 0 unspecified atom stereocenters. The minimum absolute atomic E-state index is 0.0626. The Morgan fingerprint density at radius 3 is 2.56 bits per heavy atom. The van der Waals surface area contributed by atoms with Gasteiger partial charge in [0, 0.05) is 24.2 Å². The lowest BCUT2D eigenvalue weighted by Crippen LogP contribution is -2.30. The van der Waals surface area contributed by atoms with E-state index in [1.165, 1.54) is 12.1 Å². The first-order valence-corrected chi connectivity index (χ1v) is 12.7. The number of rotatable bonds is 7. The van der Waals surface area contributed by atoms with E-state index >= 15 is 0 Å². The van der Waals surface area contributed by atoms with E-state index in [1.807, 2.05) is 54.6 Å². The van der Waals surface area contributed by atoms with Crippen molar-refractivity contribution < 1.29 is 17.9 Å². The molecule has 176 valence electrons. The van der Waals surface area contributed by atoms with Crippen molar-refractivity contribution >= 4 is 27.5 Å². The number of aliphatic imine (C=N–C) groups is 1. The van der Waals surface area contributed by atoms with Gasteiger partial charge in [-0.15, -0.1) is 0 Å². The van der Waals surface area contributed by atoms with Gasteiger partial charge in [-0.25, -0.2) is 8.42 Å². The highest BCUT2D eigenvalue weighted by Crippen LogP contribution is 2.29. The molecule has 8 heteroatoms. The summed E-state index contributed by atoms with van der Waals surface area (Å²) < 4.78 is 34.0. The molecule has 3 aromatic rings. The van der Waals surface area contributed by atoms with E-state index in [0.29, 0.717) is 30.2 Å². The number of amides is 1. The number of nitrogens with zero attached hydrogens (tertiary/aromatic N) is 1. The summed E-state index contributed by atoms with van der Waals surface area (Å²) in [6, 6.07) is 23.4. The molecule has 0 saturated carbocycles. The Morgan fingerprint density at radius 2 is 1.71 bits per heavy atom. The van der Waals surface area contributed by atoms with Gasteiger partial charge in [-0.1, -0.05) is 61.0 Å². The maximum atomic E-state index is 12.8. The van der Waals surface area contributed by atoms with Crippen LogP contribution in [0.3, 0.4) is 0 Å². The summed E-state index contributed by atoms with van der Waals surface area (Å²) >= 11 is 0. The normalized spacial score (nSPS) is 13.9. The number of carbonyl (C=O) groups excluding carboxylic acids is 1. The van der Waals surface area contributed by atoms with Crippen LogP contribution >= 0.6 is 0 Å². The van der Waals surface area contributed by atoms with E-state index in [-0.39, 0.29) is 11.5 Å². The molecule has 1 aliphatic rings. The second-order valence-corrected chi connectivity index (χ2v) is 9.65. The molecule has 34 heavy (non-hydrogen) atoms. The number of hydrogen-bond acceptors (Lipinski definition) is 5. The Kier molecular flexibility index (Phi) is 7.59. The molecule has 0 spiro atoms. The number of amidine groups is 1. The van der Waals surface area contributed by atoms with E-state index in [9.17, 15) is 13.2 Å². The van der Waals surface area contributed by atoms with Gasteiger partial charge in [-0.2, -0.15) is 0 Å². The maximum Gasteiger partial charge on any atom is 0.262 e. The topological polar surface area (TPSA) is 96.9 Å². The number of ether oxygens (including phenoxy) is 1. The fourth-order valence-electron chi connectivity index (χ4n) is 3.70. The van der Waals surface area contributed by atoms with Crippen LogP contribution in [0.4, 0.5) is 5.69 Å². The van der Waals surface area contributed by atoms with Gasteiger partial charge in [0.25, 0.3) is 15.9 Å². The van der Waals surface area contributed by atoms with Crippen LogP contribution in [0.25, 0.3) is 11.1 Å². The molecule has 0 bridgehead atoms. The highest BCUT2D eigenvalue weighted by atomic mass is 32.2. The van der Waals surface area contributed by atoms with Crippen LogP contribution in [0.5, 0.6) is 5.75 Å². The van der Waals surface area contributed by atoms with Gasteiger partial charge in [0.2, 0.25) is 0 Å². The molecule has 1 amide bonds. The predicted molar refractivity (Wildman–Crippen MR) is 134 cm³/mol. The van der Waals surface area contributed by atoms with Crippen LogP contribution in [0.1, 0.15) is 25.7 Å². The van der Waals surface area contributed by atoms with Crippen LogP contribution in [0.2, 0.25) is 0 Å². The second-order valence-electron chi connectivity index (χ2n) is 7.97. The Balaban J connectivity index is 1.40. The minimum atomic E-state index is -3.79. The van der Waals surface area contributed by atoms with E-state index in [0.717, 1.165) is 30.4 Å². The minimum Gasteiger partial charge on any atom is -0.483 e. The van der Waals surface area contributed by atoms with Crippen molar-refractivity contribution in [2.24, 2.45) is 4.99 Å². The predicted octanol–water partition coefficient (Wildman–Crippen LogP) is 4.62. The van der Waals surface area contributed by atoms with Gasteiger partial charge in [-0.3, -0.25) is 14.5 Å². The van der Waals surface area contributed by atoms with Crippen molar-refractivity contribution in [1.29, 1.82) is 0 Å². The van der Waals surface area contributed by atoms with Gasteiger partial charge in [0.05, 0.1) is 4.90 Å². The molecule has 0 fully saturated rings. The van der Waals surface area contributed by atoms with Crippen molar-refractivity contribution in [3.8, 4) is 16.9 Å². The van der Waals surface area contributed by atoms with Crippen LogP contribution in [0, 0.1) is 0 Å². The third kappa shape index (κ3) is 6.23. The van der Waals surface area contributed by atoms with Crippen molar-refractivity contribution in [3.05, 3.63) is 78.9 Å². The largest absolute Gasteiger partial charge is 0.483 e. The zero-order valence-electron chi connectivity index (χ0n) is 18.7. The summed E-state index contributed by atoms with van der Waals surface area (Å²) in [5.74, 6) is 0.685. The number of para-hydroxylation sites is 1. The molecule has 0 atom stereocenters. The molecule has 1 aliphatic heterocycles. The third-order valence-corrected chi connectivity index (χ3v) is 6.76. The van der Waals surface area contributed by atoms with Crippen LogP contribution < -0.4 is 14.8 Å². The molecule has 0 saturated heterocycles. The molecule has 3 aromatic carbocycles. The summed E-state index contributed by atoms with van der Waals surface area (Å²) in [6.45, 7) is 0.414. The third-order valence-electron chi connectivity index (χ3n) is 5.39. The zero-order valence-corrected chi connectivity index (χ0v) is 19.6. The number of carbonyl (C=O) groups is 1. The lowest BCUT2D eigenvalue weighted by Gasteiger charge is -2.13. The number of anilines is 1.